The van der Waals surface area contributed by atoms with Gasteiger partial charge >= 0.3 is 0 Å². The summed E-state index contributed by atoms with van der Waals surface area (Å²) in [4.78, 5) is 22.1. The molecule has 4 aromatic rings. The molecule has 1 amide bonds. The maximum absolute atomic E-state index is 12.6. The van der Waals surface area contributed by atoms with Gasteiger partial charge in [-0.05, 0) is 53.5 Å². The first-order chi connectivity index (χ1) is 17.5. The molecule has 180 valence electrons. The minimum absolute atomic E-state index is 0.242. The summed E-state index contributed by atoms with van der Waals surface area (Å²) in [6.45, 7) is 3.33. The molecule has 3 aromatic carbocycles. The molecule has 2 aliphatic heterocycles. The van der Waals surface area contributed by atoms with Crippen LogP contribution in [0.15, 0.2) is 87.1 Å². The fourth-order valence-corrected chi connectivity index (χ4v) is 6.00. The van der Waals surface area contributed by atoms with Crippen molar-refractivity contribution in [2.75, 3.05) is 31.1 Å². The highest BCUT2D eigenvalue weighted by molar-refractivity contribution is 8.18. The van der Waals surface area contributed by atoms with Crippen molar-refractivity contribution in [3.05, 3.63) is 93.5 Å². The molecule has 0 bridgehead atoms. The zero-order valence-electron chi connectivity index (χ0n) is 19.2. The second kappa shape index (κ2) is 9.69. The summed E-state index contributed by atoms with van der Waals surface area (Å²) in [5.74, 6) is 0.947. The second-order valence-electron chi connectivity index (χ2n) is 8.61. The smallest absolute Gasteiger partial charge is 0.286 e. The van der Waals surface area contributed by atoms with E-state index in [1.54, 1.807) is 18.2 Å². The van der Waals surface area contributed by atoms with Crippen molar-refractivity contribution in [2.24, 2.45) is 4.99 Å². The number of nitrogens with zero attached hydrogens (tertiary/aromatic N) is 3. The van der Waals surface area contributed by atoms with E-state index >= 15 is 0 Å². The molecule has 36 heavy (non-hydrogen) atoms. The van der Waals surface area contributed by atoms with Gasteiger partial charge < -0.3 is 14.2 Å². The van der Waals surface area contributed by atoms with E-state index in [9.17, 15) is 4.79 Å². The Hall–Kier alpha value is -3.19. The van der Waals surface area contributed by atoms with Crippen LogP contribution in [0, 0.1) is 0 Å². The van der Waals surface area contributed by atoms with Crippen LogP contribution in [0.4, 0.5) is 5.69 Å². The maximum atomic E-state index is 12.6. The fourth-order valence-electron chi connectivity index (χ4n) is 4.55. The molecule has 0 radical (unpaired) electrons. The summed E-state index contributed by atoms with van der Waals surface area (Å²) in [6, 6.07) is 23.8. The lowest BCUT2D eigenvalue weighted by molar-refractivity contribution is -0.113. The van der Waals surface area contributed by atoms with Crippen LogP contribution in [0.3, 0.4) is 0 Å². The summed E-state index contributed by atoms with van der Waals surface area (Å²) in [6.07, 6.45) is 1.74. The number of benzene rings is 3. The van der Waals surface area contributed by atoms with Gasteiger partial charge in [0.2, 0.25) is 0 Å². The first kappa shape index (κ1) is 23.2. The van der Waals surface area contributed by atoms with Crippen molar-refractivity contribution in [3.8, 4) is 11.3 Å². The van der Waals surface area contributed by atoms with Gasteiger partial charge in [-0.3, -0.25) is 4.79 Å². The third kappa shape index (κ3) is 4.52. The Morgan fingerprint density at radius 2 is 1.67 bits per heavy atom. The van der Waals surface area contributed by atoms with Crippen LogP contribution in [0.2, 0.25) is 10.0 Å². The molecule has 5 nitrogen and oxygen atoms in total. The molecule has 3 heterocycles. The number of hydrogen-bond donors (Lipinski definition) is 0. The Kier molecular flexibility index (Phi) is 6.25. The quantitative estimate of drug-likeness (QED) is 0.260. The van der Waals surface area contributed by atoms with E-state index in [0.717, 1.165) is 36.9 Å². The molecule has 0 aliphatic carbocycles. The van der Waals surface area contributed by atoms with Crippen LogP contribution in [0.25, 0.3) is 28.2 Å². The van der Waals surface area contributed by atoms with Crippen molar-refractivity contribution in [1.29, 1.82) is 0 Å². The van der Waals surface area contributed by atoms with Gasteiger partial charge in [-0.2, -0.15) is 4.99 Å². The molecule has 0 spiro atoms. The predicted octanol–water partition coefficient (Wildman–Crippen LogP) is 7.20. The van der Waals surface area contributed by atoms with Crippen LogP contribution in [0.5, 0.6) is 0 Å². The molecule has 0 atom stereocenters. The number of furan rings is 1. The van der Waals surface area contributed by atoms with Crippen LogP contribution >= 0.6 is 35.0 Å². The van der Waals surface area contributed by atoms with E-state index in [2.05, 4.69) is 57.3 Å². The van der Waals surface area contributed by atoms with E-state index in [1.807, 2.05) is 18.2 Å². The Morgan fingerprint density at radius 1 is 0.889 bits per heavy atom. The normalized spacial score (nSPS) is 17.3. The van der Waals surface area contributed by atoms with Crippen molar-refractivity contribution in [3.63, 3.8) is 0 Å². The summed E-state index contributed by atoms with van der Waals surface area (Å²) in [7, 11) is 0. The van der Waals surface area contributed by atoms with E-state index in [-0.39, 0.29) is 5.91 Å². The van der Waals surface area contributed by atoms with Crippen LogP contribution in [-0.2, 0) is 4.79 Å². The molecule has 2 aliphatic rings. The number of carbonyl (C=O) groups excluding carboxylic acids is 1. The topological polar surface area (TPSA) is 49.1 Å². The van der Waals surface area contributed by atoms with Gasteiger partial charge in [-0.15, -0.1) is 0 Å². The van der Waals surface area contributed by atoms with Crippen molar-refractivity contribution >= 4 is 68.6 Å². The van der Waals surface area contributed by atoms with Gasteiger partial charge in [0, 0.05) is 53.9 Å². The highest BCUT2D eigenvalue weighted by atomic mass is 35.5. The fraction of sp³-hybridized carbons (Fsp3) is 0.143. The van der Waals surface area contributed by atoms with E-state index in [0.29, 0.717) is 26.5 Å². The van der Waals surface area contributed by atoms with Crippen LogP contribution in [-0.4, -0.2) is 42.2 Å². The largest absolute Gasteiger partial charge is 0.457 e. The number of piperazine rings is 1. The van der Waals surface area contributed by atoms with Gasteiger partial charge in [-0.25, -0.2) is 0 Å². The van der Waals surface area contributed by atoms with Gasteiger partial charge in [0.25, 0.3) is 5.91 Å². The molecule has 1 saturated heterocycles. The monoisotopic (exact) mass is 533 g/mol. The van der Waals surface area contributed by atoms with Crippen LogP contribution in [0.1, 0.15) is 5.76 Å². The highest BCUT2D eigenvalue weighted by Gasteiger charge is 2.29. The molecule has 1 fully saturated rings. The van der Waals surface area contributed by atoms with E-state index in [4.69, 9.17) is 27.6 Å². The summed E-state index contributed by atoms with van der Waals surface area (Å²) in [5, 5.41) is 4.33. The van der Waals surface area contributed by atoms with Gasteiger partial charge in [0.15, 0.2) is 5.17 Å². The molecular weight excluding hydrogens is 513 g/mol. The average molecular weight is 534 g/mol. The minimum atomic E-state index is -0.242. The molecular formula is C28H21Cl2N3O2S. The SMILES string of the molecule is O=C1N=C(N2CCN(c3cccc4ccccc34)CC2)S/C1=C/c1ccc(-c2ccc(Cl)cc2Cl)o1. The average Bonchev–Trinajstić information content (AvgIpc) is 3.50. The van der Waals surface area contributed by atoms with Crippen LogP contribution < -0.4 is 4.90 Å². The zero-order valence-corrected chi connectivity index (χ0v) is 21.5. The molecule has 0 N–H and O–H groups in total. The lowest BCUT2D eigenvalue weighted by Gasteiger charge is -2.37. The number of aliphatic imine (C=N–C) groups is 1. The Bertz CT molecular complexity index is 1530. The first-order valence-corrected chi connectivity index (χ1v) is 13.2. The Labute approximate surface area is 223 Å². The number of halogens is 2. The summed E-state index contributed by atoms with van der Waals surface area (Å²) < 4.78 is 5.94. The standard InChI is InChI=1S/C28H21Cl2N3O2S/c29-19-8-10-22(23(30)16-19)25-11-9-20(35-25)17-26-27(34)31-28(36-26)33-14-12-32(13-15-33)24-7-3-5-18-4-1-2-6-21(18)24/h1-11,16-17H,12-15H2/b26-17+. The molecule has 8 heteroatoms. The number of amides is 1. The third-order valence-electron chi connectivity index (χ3n) is 6.36. The van der Waals surface area contributed by atoms with Gasteiger partial charge in [-0.1, -0.05) is 59.6 Å². The second-order valence-corrected chi connectivity index (χ2v) is 10.5. The van der Waals surface area contributed by atoms with Crippen molar-refractivity contribution < 1.29 is 9.21 Å². The maximum Gasteiger partial charge on any atom is 0.286 e. The van der Waals surface area contributed by atoms with E-state index < -0.39 is 0 Å². The summed E-state index contributed by atoms with van der Waals surface area (Å²) in [5.41, 5.74) is 2.00. The van der Waals surface area contributed by atoms with Crippen molar-refractivity contribution in [1.82, 2.24) is 4.90 Å². The number of fused-ring (bicyclic) bond motifs is 1. The molecule has 0 unspecified atom stereocenters. The number of hydrogen-bond acceptors (Lipinski definition) is 5. The van der Waals surface area contributed by atoms with Crippen molar-refractivity contribution in [2.45, 2.75) is 0 Å². The number of amidine groups is 1. The third-order valence-corrected chi connectivity index (χ3v) is 7.96. The number of carbonyl (C=O) groups is 1. The molecule has 1 aromatic heterocycles. The lowest BCUT2D eigenvalue weighted by Crippen LogP contribution is -2.47. The highest BCUT2D eigenvalue weighted by Crippen LogP contribution is 2.35. The Morgan fingerprint density at radius 3 is 2.50 bits per heavy atom. The van der Waals surface area contributed by atoms with E-state index in [1.165, 1.54) is 28.2 Å². The van der Waals surface area contributed by atoms with Gasteiger partial charge in [0.1, 0.15) is 11.5 Å². The lowest BCUT2D eigenvalue weighted by atomic mass is 10.1. The van der Waals surface area contributed by atoms with Gasteiger partial charge in [0.05, 0.1) is 9.93 Å². The molecule has 6 rings (SSSR count). The zero-order chi connectivity index (χ0) is 24.6. The predicted molar refractivity (Wildman–Crippen MR) is 150 cm³/mol. The first-order valence-electron chi connectivity index (χ1n) is 11.6. The molecule has 0 saturated carbocycles. The Balaban J connectivity index is 1.13. The number of anilines is 1. The number of thioether (sulfide) groups is 1. The number of rotatable bonds is 3. The minimum Gasteiger partial charge on any atom is -0.457 e. The summed E-state index contributed by atoms with van der Waals surface area (Å²) >= 11 is 13.7.